The molecule has 4 nitrogen and oxygen atoms in total. The fourth-order valence-corrected chi connectivity index (χ4v) is 1.85. The second-order valence-corrected chi connectivity index (χ2v) is 4.83. The van der Waals surface area contributed by atoms with Gasteiger partial charge in [-0.25, -0.2) is 0 Å². The molecule has 4 heteroatoms. The van der Waals surface area contributed by atoms with Gasteiger partial charge in [-0.15, -0.1) is 6.58 Å². The second kappa shape index (κ2) is 9.02. The number of rotatable bonds is 7. The van der Waals surface area contributed by atoms with Crippen LogP contribution in [0.2, 0.25) is 0 Å². The van der Waals surface area contributed by atoms with Crippen LogP contribution in [-0.2, 0) is 6.42 Å². The molecule has 1 aromatic carbocycles. The summed E-state index contributed by atoms with van der Waals surface area (Å²) in [5.41, 5.74) is 2.60. The Kier molecular flexibility index (Phi) is 7.25. The van der Waals surface area contributed by atoms with Crippen molar-refractivity contribution in [3.63, 3.8) is 0 Å². The molecule has 0 saturated carbocycles. The lowest BCUT2D eigenvalue weighted by atomic mass is 10.1. The van der Waals surface area contributed by atoms with Crippen LogP contribution in [0, 0.1) is 0 Å². The van der Waals surface area contributed by atoms with E-state index in [0.717, 1.165) is 31.9 Å². The van der Waals surface area contributed by atoms with Crippen molar-refractivity contribution >= 4 is 11.6 Å². The molecule has 0 unspecified atom stereocenters. The Bertz CT molecular complexity index is 421. The molecule has 0 amide bonds. The first kappa shape index (κ1) is 16.1. The minimum atomic E-state index is 0.728. The first-order valence-electron chi connectivity index (χ1n) is 6.99. The van der Waals surface area contributed by atoms with Crippen molar-refractivity contribution in [3.05, 3.63) is 42.5 Å². The van der Waals surface area contributed by atoms with Gasteiger partial charge in [-0.05, 0) is 30.5 Å². The van der Waals surface area contributed by atoms with Gasteiger partial charge in [0.2, 0.25) is 0 Å². The van der Waals surface area contributed by atoms with Gasteiger partial charge in [-0.3, -0.25) is 4.99 Å². The molecule has 0 saturated heterocycles. The van der Waals surface area contributed by atoms with Gasteiger partial charge in [0.05, 0.1) is 0 Å². The van der Waals surface area contributed by atoms with Crippen LogP contribution in [-0.4, -0.2) is 40.2 Å². The summed E-state index contributed by atoms with van der Waals surface area (Å²) < 4.78 is 0. The molecule has 0 fully saturated rings. The molecule has 0 atom stereocenters. The maximum atomic E-state index is 4.14. The Morgan fingerprint density at radius 2 is 1.95 bits per heavy atom. The van der Waals surface area contributed by atoms with Crippen LogP contribution in [0.25, 0.3) is 0 Å². The molecule has 0 spiro atoms. The van der Waals surface area contributed by atoms with Crippen molar-refractivity contribution in [2.75, 3.05) is 39.1 Å². The molecule has 1 aromatic rings. The fourth-order valence-electron chi connectivity index (χ4n) is 1.85. The summed E-state index contributed by atoms with van der Waals surface area (Å²) in [7, 11) is 5.89. The van der Waals surface area contributed by atoms with Crippen molar-refractivity contribution in [3.8, 4) is 0 Å². The number of guanidine groups is 1. The van der Waals surface area contributed by atoms with E-state index in [1.165, 1.54) is 11.3 Å². The average Bonchev–Trinajstić information content (AvgIpc) is 2.47. The standard InChI is InChI=1S/C16H26N4/c1-5-12-18-16(17-2)19-13-6-7-14-8-10-15(11-9-14)20(3)4/h5,8-11H,1,6-7,12-13H2,2-4H3,(H2,17,18,19). The highest BCUT2D eigenvalue weighted by molar-refractivity contribution is 5.79. The van der Waals surface area contributed by atoms with E-state index in [4.69, 9.17) is 0 Å². The monoisotopic (exact) mass is 274 g/mol. The predicted molar refractivity (Wildman–Crippen MR) is 88.7 cm³/mol. The predicted octanol–water partition coefficient (Wildman–Crippen LogP) is 2.04. The Morgan fingerprint density at radius 3 is 2.50 bits per heavy atom. The molecular formula is C16H26N4. The van der Waals surface area contributed by atoms with Crippen LogP contribution in [0.4, 0.5) is 5.69 Å². The number of aryl methyl sites for hydroxylation is 1. The molecule has 0 aromatic heterocycles. The van der Waals surface area contributed by atoms with E-state index in [2.05, 4.69) is 65.5 Å². The minimum Gasteiger partial charge on any atom is -0.378 e. The average molecular weight is 274 g/mol. The molecule has 110 valence electrons. The van der Waals surface area contributed by atoms with Crippen LogP contribution in [0.15, 0.2) is 41.9 Å². The first-order chi connectivity index (χ1) is 9.67. The first-order valence-corrected chi connectivity index (χ1v) is 6.99. The van der Waals surface area contributed by atoms with Gasteiger partial charge in [0.25, 0.3) is 0 Å². The number of hydrogen-bond acceptors (Lipinski definition) is 2. The normalized spacial score (nSPS) is 11.1. The maximum Gasteiger partial charge on any atom is 0.191 e. The van der Waals surface area contributed by atoms with Gasteiger partial charge in [0, 0.05) is 39.9 Å². The lowest BCUT2D eigenvalue weighted by molar-refractivity contribution is 0.753. The zero-order valence-corrected chi connectivity index (χ0v) is 12.8. The van der Waals surface area contributed by atoms with E-state index in [0.29, 0.717) is 0 Å². The molecule has 0 aliphatic heterocycles. The summed E-state index contributed by atoms with van der Waals surface area (Å²) in [6, 6.07) is 8.71. The summed E-state index contributed by atoms with van der Waals surface area (Å²) in [6.07, 6.45) is 3.97. The molecule has 0 radical (unpaired) electrons. The highest BCUT2D eigenvalue weighted by atomic mass is 15.2. The Labute approximate surface area is 122 Å². The van der Waals surface area contributed by atoms with E-state index >= 15 is 0 Å². The molecule has 0 aliphatic carbocycles. The van der Waals surface area contributed by atoms with E-state index in [1.54, 1.807) is 7.05 Å². The molecule has 2 N–H and O–H groups in total. The van der Waals surface area contributed by atoms with Crippen LogP contribution in [0.1, 0.15) is 12.0 Å². The van der Waals surface area contributed by atoms with Crippen LogP contribution >= 0.6 is 0 Å². The van der Waals surface area contributed by atoms with Gasteiger partial charge in [-0.2, -0.15) is 0 Å². The van der Waals surface area contributed by atoms with Crippen LogP contribution in [0.3, 0.4) is 0 Å². The van der Waals surface area contributed by atoms with Gasteiger partial charge in [0.15, 0.2) is 5.96 Å². The lowest BCUT2D eigenvalue weighted by Gasteiger charge is -2.13. The lowest BCUT2D eigenvalue weighted by Crippen LogP contribution is -2.37. The summed E-state index contributed by atoms with van der Waals surface area (Å²) in [4.78, 5) is 6.25. The number of aliphatic imine (C=N–C) groups is 1. The van der Waals surface area contributed by atoms with Crippen LogP contribution < -0.4 is 15.5 Å². The smallest absolute Gasteiger partial charge is 0.191 e. The Hall–Kier alpha value is -1.97. The molecular weight excluding hydrogens is 248 g/mol. The number of anilines is 1. The molecule has 20 heavy (non-hydrogen) atoms. The quantitative estimate of drug-likeness (QED) is 0.346. The minimum absolute atomic E-state index is 0.728. The second-order valence-electron chi connectivity index (χ2n) is 4.83. The topological polar surface area (TPSA) is 39.7 Å². The highest BCUT2D eigenvalue weighted by Gasteiger charge is 1.98. The van der Waals surface area contributed by atoms with Gasteiger partial charge in [0.1, 0.15) is 0 Å². The SMILES string of the molecule is C=CCNC(=NC)NCCCc1ccc(N(C)C)cc1. The summed E-state index contributed by atoms with van der Waals surface area (Å²) in [5, 5.41) is 6.44. The molecule has 0 aliphatic rings. The summed E-state index contributed by atoms with van der Waals surface area (Å²) in [5.74, 6) is 0.827. The van der Waals surface area contributed by atoms with Gasteiger partial charge in [-0.1, -0.05) is 18.2 Å². The molecule has 0 bridgehead atoms. The Balaban J connectivity index is 2.28. The molecule has 1 rings (SSSR count). The summed E-state index contributed by atoms with van der Waals surface area (Å²) >= 11 is 0. The third kappa shape index (κ3) is 5.78. The number of hydrogen-bond donors (Lipinski definition) is 2. The highest BCUT2D eigenvalue weighted by Crippen LogP contribution is 2.13. The zero-order valence-electron chi connectivity index (χ0n) is 12.8. The van der Waals surface area contributed by atoms with E-state index in [1.807, 2.05) is 6.08 Å². The fraction of sp³-hybridized carbons (Fsp3) is 0.438. The van der Waals surface area contributed by atoms with Gasteiger partial charge < -0.3 is 15.5 Å². The number of nitrogens with one attached hydrogen (secondary N) is 2. The summed E-state index contributed by atoms with van der Waals surface area (Å²) in [6.45, 7) is 5.31. The van der Waals surface area contributed by atoms with Crippen LogP contribution in [0.5, 0.6) is 0 Å². The molecule has 0 heterocycles. The number of nitrogens with zero attached hydrogens (tertiary/aromatic N) is 2. The van der Waals surface area contributed by atoms with E-state index in [-0.39, 0.29) is 0 Å². The van der Waals surface area contributed by atoms with E-state index in [9.17, 15) is 0 Å². The largest absolute Gasteiger partial charge is 0.378 e. The van der Waals surface area contributed by atoms with Crippen molar-refractivity contribution in [2.45, 2.75) is 12.8 Å². The Morgan fingerprint density at radius 1 is 1.25 bits per heavy atom. The van der Waals surface area contributed by atoms with Crippen molar-refractivity contribution in [1.29, 1.82) is 0 Å². The van der Waals surface area contributed by atoms with Crippen molar-refractivity contribution in [2.24, 2.45) is 4.99 Å². The van der Waals surface area contributed by atoms with Crippen molar-refractivity contribution < 1.29 is 0 Å². The van der Waals surface area contributed by atoms with E-state index < -0.39 is 0 Å². The van der Waals surface area contributed by atoms with Crippen molar-refractivity contribution in [1.82, 2.24) is 10.6 Å². The third-order valence-electron chi connectivity index (χ3n) is 3.02. The van der Waals surface area contributed by atoms with Gasteiger partial charge >= 0.3 is 0 Å². The number of benzene rings is 1. The third-order valence-corrected chi connectivity index (χ3v) is 3.02. The maximum absolute atomic E-state index is 4.14. The zero-order chi connectivity index (χ0) is 14.8.